The summed E-state index contributed by atoms with van der Waals surface area (Å²) in [4.78, 5) is 8.38. The van der Waals surface area contributed by atoms with E-state index in [4.69, 9.17) is 28.9 Å². The van der Waals surface area contributed by atoms with Gasteiger partial charge in [-0.15, -0.1) is 0 Å². The van der Waals surface area contributed by atoms with E-state index in [1.165, 1.54) is 0 Å². The molecule has 0 unspecified atom stereocenters. The van der Waals surface area contributed by atoms with Crippen LogP contribution in [0.4, 0.5) is 17.3 Å². The maximum Gasteiger partial charge on any atom is 0.139 e. The van der Waals surface area contributed by atoms with Gasteiger partial charge >= 0.3 is 0 Å². The van der Waals surface area contributed by atoms with Gasteiger partial charge in [0.15, 0.2) is 0 Å². The first-order valence-electron chi connectivity index (χ1n) is 5.29. The van der Waals surface area contributed by atoms with Gasteiger partial charge in [-0.2, -0.15) is 0 Å². The van der Waals surface area contributed by atoms with Gasteiger partial charge < -0.3 is 11.1 Å². The number of aryl methyl sites for hydroxylation is 1. The lowest BCUT2D eigenvalue weighted by Gasteiger charge is -2.11. The highest BCUT2D eigenvalue weighted by Crippen LogP contribution is 2.26. The van der Waals surface area contributed by atoms with Crippen molar-refractivity contribution < 1.29 is 0 Å². The van der Waals surface area contributed by atoms with Gasteiger partial charge in [-0.1, -0.05) is 23.2 Å². The molecule has 0 aliphatic heterocycles. The summed E-state index contributed by atoms with van der Waals surface area (Å²) in [6.07, 6.45) is 0. The molecule has 0 aliphatic rings. The van der Waals surface area contributed by atoms with Crippen molar-refractivity contribution in [3.8, 4) is 0 Å². The molecule has 0 fully saturated rings. The van der Waals surface area contributed by atoms with E-state index in [2.05, 4.69) is 15.3 Å². The van der Waals surface area contributed by atoms with Gasteiger partial charge in [0.1, 0.15) is 17.5 Å². The number of nitrogens with one attached hydrogen (secondary N) is 1. The number of anilines is 3. The van der Waals surface area contributed by atoms with Crippen LogP contribution < -0.4 is 11.1 Å². The quantitative estimate of drug-likeness (QED) is 0.881. The molecule has 3 N–H and O–H groups in total. The monoisotopic (exact) mass is 282 g/mol. The largest absolute Gasteiger partial charge is 0.383 e. The van der Waals surface area contributed by atoms with Gasteiger partial charge in [0.05, 0.1) is 0 Å². The molecule has 18 heavy (non-hydrogen) atoms. The van der Waals surface area contributed by atoms with E-state index in [9.17, 15) is 0 Å². The van der Waals surface area contributed by atoms with Crippen LogP contribution in [0.1, 0.15) is 11.4 Å². The van der Waals surface area contributed by atoms with E-state index < -0.39 is 0 Å². The zero-order valence-electron chi connectivity index (χ0n) is 9.96. The Hall–Kier alpha value is -1.52. The molecule has 0 amide bonds. The van der Waals surface area contributed by atoms with E-state index >= 15 is 0 Å². The number of rotatable bonds is 2. The van der Waals surface area contributed by atoms with Crippen molar-refractivity contribution in [3.63, 3.8) is 0 Å². The third-order valence-electron chi connectivity index (χ3n) is 2.42. The maximum absolute atomic E-state index is 5.94. The first kappa shape index (κ1) is 12.9. The molecule has 4 nitrogen and oxygen atoms in total. The molecule has 0 aliphatic carbocycles. The summed E-state index contributed by atoms with van der Waals surface area (Å²) in [5.41, 5.74) is 7.34. The van der Waals surface area contributed by atoms with Crippen molar-refractivity contribution in [1.82, 2.24) is 9.97 Å². The fourth-order valence-electron chi connectivity index (χ4n) is 1.53. The van der Waals surface area contributed by atoms with Crippen molar-refractivity contribution in [2.45, 2.75) is 13.8 Å². The molecular formula is C12H12Cl2N4. The average Bonchev–Trinajstić information content (AvgIpc) is 2.23. The van der Waals surface area contributed by atoms with Crippen LogP contribution in [0.2, 0.25) is 10.0 Å². The third kappa shape index (κ3) is 2.83. The second-order valence-electron chi connectivity index (χ2n) is 3.91. The summed E-state index contributed by atoms with van der Waals surface area (Å²) in [7, 11) is 0. The molecule has 0 atom stereocenters. The van der Waals surface area contributed by atoms with E-state index in [1.54, 1.807) is 25.1 Å². The summed E-state index contributed by atoms with van der Waals surface area (Å²) in [5, 5.41) is 4.25. The molecule has 0 radical (unpaired) electrons. The zero-order valence-corrected chi connectivity index (χ0v) is 11.5. The fourth-order valence-corrected chi connectivity index (χ4v) is 2.06. The number of hydrogen-bond donors (Lipinski definition) is 2. The summed E-state index contributed by atoms with van der Waals surface area (Å²) >= 11 is 11.9. The van der Waals surface area contributed by atoms with E-state index in [-0.39, 0.29) is 0 Å². The minimum absolute atomic E-state index is 0.457. The minimum atomic E-state index is 0.457. The number of hydrogen-bond acceptors (Lipinski definition) is 4. The van der Waals surface area contributed by atoms with Crippen LogP contribution in [0.5, 0.6) is 0 Å². The molecule has 94 valence electrons. The normalized spacial score (nSPS) is 10.4. The SMILES string of the molecule is Cc1nc(N)c(C)c(Nc2cc(Cl)cc(Cl)c2)n1. The third-order valence-corrected chi connectivity index (χ3v) is 2.86. The van der Waals surface area contributed by atoms with Crippen molar-refractivity contribution in [1.29, 1.82) is 0 Å². The van der Waals surface area contributed by atoms with Crippen LogP contribution >= 0.6 is 23.2 Å². The van der Waals surface area contributed by atoms with Crippen LogP contribution in [0.15, 0.2) is 18.2 Å². The molecule has 1 aromatic heterocycles. The smallest absolute Gasteiger partial charge is 0.139 e. The fraction of sp³-hybridized carbons (Fsp3) is 0.167. The van der Waals surface area contributed by atoms with Gasteiger partial charge in [0, 0.05) is 21.3 Å². The van der Waals surface area contributed by atoms with Gasteiger partial charge in [-0.05, 0) is 32.0 Å². The number of nitrogen functional groups attached to an aromatic ring is 1. The van der Waals surface area contributed by atoms with Crippen LogP contribution in [0, 0.1) is 13.8 Å². The Bertz CT molecular complexity index is 579. The Labute approximate surface area is 115 Å². The first-order chi connectivity index (χ1) is 8.45. The van der Waals surface area contributed by atoms with Crippen molar-refractivity contribution in [2.24, 2.45) is 0 Å². The Kier molecular flexibility index (Phi) is 3.59. The molecule has 0 bridgehead atoms. The number of aromatic nitrogens is 2. The number of benzene rings is 1. The predicted molar refractivity (Wildman–Crippen MR) is 75.7 cm³/mol. The minimum Gasteiger partial charge on any atom is -0.383 e. The van der Waals surface area contributed by atoms with E-state index in [0.29, 0.717) is 27.5 Å². The van der Waals surface area contributed by atoms with Crippen LogP contribution in [-0.4, -0.2) is 9.97 Å². The molecule has 1 aromatic carbocycles. The molecule has 1 heterocycles. The van der Waals surface area contributed by atoms with Crippen molar-refractivity contribution in [3.05, 3.63) is 39.6 Å². The van der Waals surface area contributed by atoms with Crippen LogP contribution in [-0.2, 0) is 0 Å². The number of nitrogens with zero attached hydrogens (tertiary/aromatic N) is 2. The molecular weight excluding hydrogens is 271 g/mol. The molecule has 0 spiro atoms. The topological polar surface area (TPSA) is 63.8 Å². The summed E-state index contributed by atoms with van der Waals surface area (Å²) < 4.78 is 0. The summed E-state index contributed by atoms with van der Waals surface area (Å²) in [5.74, 6) is 1.71. The standard InChI is InChI=1S/C12H12Cl2N4/c1-6-11(15)16-7(2)17-12(6)18-10-4-8(13)3-9(14)5-10/h3-5H,1-2H3,(H3,15,16,17,18). The number of nitrogens with two attached hydrogens (primary N) is 1. The lowest BCUT2D eigenvalue weighted by atomic mass is 10.2. The Balaban J connectivity index is 2.39. The maximum atomic E-state index is 5.94. The molecule has 2 rings (SSSR count). The molecule has 6 heteroatoms. The van der Waals surface area contributed by atoms with E-state index in [0.717, 1.165) is 11.3 Å². The second kappa shape index (κ2) is 5.00. The van der Waals surface area contributed by atoms with Crippen LogP contribution in [0.3, 0.4) is 0 Å². The van der Waals surface area contributed by atoms with Gasteiger partial charge in [0.25, 0.3) is 0 Å². The number of halogens is 2. The Morgan fingerprint density at radius 3 is 2.28 bits per heavy atom. The molecule has 2 aromatic rings. The highest BCUT2D eigenvalue weighted by Gasteiger charge is 2.07. The van der Waals surface area contributed by atoms with E-state index in [1.807, 2.05) is 6.92 Å². The van der Waals surface area contributed by atoms with Crippen LogP contribution in [0.25, 0.3) is 0 Å². The predicted octanol–water partition coefficient (Wildman–Crippen LogP) is 3.73. The molecule has 0 saturated heterocycles. The zero-order chi connectivity index (χ0) is 13.3. The Morgan fingerprint density at radius 2 is 1.67 bits per heavy atom. The van der Waals surface area contributed by atoms with Gasteiger partial charge in [0.2, 0.25) is 0 Å². The summed E-state index contributed by atoms with van der Waals surface area (Å²) in [6.45, 7) is 3.63. The molecule has 0 saturated carbocycles. The lowest BCUT2D eigenvalue weighted by molar-refractivity contribution is 1.04. The first-order valence-corrected chi connectivity index (χ1v) is 6.05. The lowest BCUT2D eigenvalue weighted by Crippen LogP contribution is -2.04. The van der Waals surface area contributed by atoms with Gasteiger partial charge in [-0.3, -0.25) is 0 Å². The summed E-state index contributed by atoms with van der Waals surface area (Å²) in [6, 6.07) is 5.20. The highest BCUT2D eigenvalue weighted by atomic mass is 35.5. The Morgan fingerprint density at radius 1 is 1.06 bits per heavy atom. The second-order valence-corrected chi connectivity index (χ2v) is 4.79. The van der Waals surface area contributed by atoms with Crippen molar-refractivity contribution >= 4 is 40.5 Å². The van der Waals surface area contributed by atoms with Gasteiger partial charge in [-0.25, -0.2) is 9.97 Å². The highest BCUT2D eigenvalue weighted by molar-refractivity contribution is 6.35. The average molecular weight is 283 g/mol. The van der Waals surface area contributed by atoms with Crippen molar-refractivity contribution in [2.75, 3.05) is 11.1 Å².